The second kappa shape index (κ2) is 8.36. The van der Waals surface area contributed by atoms with Crippen molar-refractivity contribution in [3.8, 4) is 5.75 Å². The van der Waals surface area contributed by atoms with Crippen molar-refractivity contribution >= 4 is 21.9 Å². The van der Waals surface area contributed by atoms with Gasteiger partial charge in [-0.25, -0.2) is 4.79 Å². The van der Waals surface area contributed by atoms with Gasteiger partial charge < -0.3 is 14.2 Å². The minimum atomic E-state index is -0.352. The van der Waals surface area contributed by atoms with Gasteiger partial charge >= 0.3 is 5.97 Å². The number of carbonyl (C=O) groups excluding carboxylic acids is 1. The van der Waals surface area contributed by atoms with Crippen LogP contribution in [0, 0.1) is 0 Å². The molecule has 0 radical (unpaired) electrons. The largest absolute Gasteiger partial charge is 0.482 e. The van der Waals surface area contributed by atoms with Crippen molar-refractivity contribution in [2.45, 2.75) is 13.5 Å². The fourth-order valence-electron chi connectivity index (χ4n) is 2.11. The predicted molar refractivity (Wildman–Crippen MR) is 82.4 cm³/mol. The Bertz CT molecular complexity index is 475. The second-order valence-corrected chi connectivity index (χ2v) is 5.59. The topological polar surface area (TPSA) is 48.0 Å². The molecule has 0 saturated carbocycles. The van der Waals surface area contributed by atoms with Crippen molar-refractivity contribution in [1.29, 1.82) is 0 Å². The van der Waals surface area contributed by atoms with Crippen LogP contribution in [0.3, 0.4) is 0 Å². The molecule has 0 atom stereocenters. The molecule has 116 valence electrons. The molecule has 0 N–H and O–H groups in total. The van der Waals surface area contributed by atoms with Gasteiger partial charge in [0.25, 0.3) is 0 Å². The van der Waals surface area contributed by atoms with Gasteiger partial charge in [0.05, 0.1) is 19.8 Å². The van der Waals surface area contributed by atoms with E-state index in [2.05, 4.69) is 20.8 Å². The van der Waals surface area contributed by atoms with E-state index >= 15 is 0 Å². The van der Waals surface area contributed by atoms with Gasteiger partial charge in [-0.2, -0.15) is 0 Å². The van der Waals surface area contributed by atoms with Crippen LogP contribution in [-0.2, 0) is 20.8 Å². The van der Waals surface area contributed by atoms with Gasteiger partial charge in [-0.1, -0.05) is 15.9 Å². The number of halogens is 1. The summed E-state index contributed by atoms with van der Waals surface area (Å²) in [4.78, 5) is 13.6. The van der Waals surface area contributed by atoms with Gasteiger partial charge in [0, 0.05) is 24.1 Å². The molecule has 21 heavy (non-hydrogen) atoms. The first-order valence-corrected chi connectivity index (χ1v) is 7.85. The van der Waals surface area contributed by atoms with Crippen LogP contribution in [0.25, 0.3) is 0 Å². The summed E-state index contributed by atoms with van der Waals surface area (Å²) >= 11 is 3.56. The maximum absolute atomic E-state index is 11.3. The van der Waals surface area contributed by atoms with Gasteiger partial charge in [0.2, 0.25) is 0 Å². The first kappa shape index (κ1) is 16.3. The second-order valence-electron chi connectivity index (χ2n) is 4.74. The van der Waals surface area contributed by atoms with Gasteiger partial charge in [0.1, 0.15) is 5.75 Å². The van der Waals surface area contributed by atoms with Gasteiger partial charge in [-0.15, -0.1) is 0 Å². The third-order valence-corrected chi connectivity index (χ3v) is 3.95. The molecule has 0 bridgehead atoms. The highest BCUT2D eigenvalue weighted by Crippen LogP contribution is 2.24. The number of benzene rings is 1. The summed E-state index contributed by atoms with van der Waals surface area (Å²) in [6.07, 6.45) is 0. The highest BCUT2D eigenvalue weighted by atomic mass is 79.9. The molecule has 0 unspecified atom stereocenters. The number of hydrogen-bond donors (Lipinski definition) is 0. The Morgan fingerprint density at radius 1 is 1.38 bits per heavy atom. The van der Waals surface area contributed by atoms with E-state index in [0.717, 1.165) is 42.9 Å². The molecule has 1 aliphatic heterocycles. The fraction of sp³-hybridized carbons (Fsp3) is 0.533. The summed E-state index contributed by atoms with van der Waals surface area (Å²) in [7, 11) is 0. The first-order valence-electron chi connectivity index (χ1n) is 7.06. The highest BCUT2D eigenvalue weighted by molar-refractivity contribution is 9.10. The number of esters is 1. The third-order valence-electron chi connectivity index (χ3n) is 3.18. The molecule has 0 aromatic heterocycles. The number of ether oxygens (including phenoxy) is 3. The lowest BCUT2D eigenvalue weighted by molar-refractivity contribution is -0.145. The van der Waals surface area contributed by atoms with Crippen LogP contribution < -0.4 is 4.74 Å². The molecule has 1 aliphatic rings. The fourth-order valence-corrected chi connectivity index (χ4v) is 2.48. The van der Waals surface area contributed by atoms with Crippen molar-refractivity contribution < 1.29 is 19.0 Å². The van der Waals surface area contributed by atoms with Crippen LogP contribution in [-0.4, -0.2) is 50.4 Å². The Balaban J connectivity index is 1.94. The van der Waals surface area contributed by atoms with Crippen LogP contribution in [0.2, 0.25) is 0 Å². The molecule has 6 heteroatoms. The summed E-state index contributed by atoms with van der Waals surface area (Å²) in [5.41, 5.74) is 1.14. The molecule has 0 amide bonds. The smallest absolute Gasteiger partial charge is 0.344 e. The zero-order valence-corrected chi connectivity index (χ0v) is 13.7. The molecule has 1 heterocycles. The Hall–Kier alpha value is -1.11. The molecule has 5 nitrogen and oxygen atoms in total. The van der Waals surface area contributed by atoms with E-state index in [4.69, 9.17) is 14.2 Å². The van der Waals surface area contributed by atoms with Crippen LogP contribution in [0.5, 0.6) is 5.75 Å². The minimum absolute atomic E-state index is 0.0630. The molecule has 2 rings (SSSR count). The highest BCUT2D eigenvalue weighted by Gasteiger charge is 2.13. The molecule has 1 fully saturated rings. The van der Waals surface area contributed by atoms with E-state index < -0.39 is 0 Å². The quantitative estimate of drug-likeness (QED) is 0.730. The lowest BCUT2D eigenvalue weighted by atomic mass is 10.2. The summed E-state index contributed by atoms with van der Waals surface area (Å²) in [5.74, 6) is 0.324. The van der Waals surface area contributed by atoms with Crippen molar-refractivity contribution in [2.75, 3.05) is 39.5 Å². The Morgan fingerprint density at radius 2 is 2.14 bits per heavy atom. The molecule has 1 aromatic carbocycles. The van der Waals surface area contributed by atoms with E-state index in [0.29, 0.717) is 12.4 Å². The van der Waals surface area contributed by atoms with Crippen LogP contribution in [0.1, 0.15) is 12.5 Å². The predicted octanol–water partition coefficient (Wildman–Crippen LogP) is 2.22. The van der Waals surface area contributed by atoms with Crippen LogP contribution in [0.4, 0.5) is 0 Å². The number of nitrogens with zero attached hydrogens (tertiary/aromatic N) is 1. The molecule has 1 aromatic rings. The summed E-state index contributed by atoms with van der Waals surface area (Å²) < 4.78 is 16.7. The third kappa shape index (κ3) is 5.30. The maximum atomic E-state index is 11.3. The van der Waals surface area contributed by atoms with E-state index in [1.54, 1.807) is 6.92 Å². The Labute approximate surface area is 133 Å². The van der Waals surface area contributed by atoms with Crippen LogP contribution >= 0.6 is 15.9 Å². The molecule has 1 saturated heterocycles. The normalized spacial score (nSPS) is 15.7. The van der Waals surface area contributed by atoms with Crippen LogP contribution in [0.15, 0.2) is 22.7 Å². The Kier molecular flexibility index (Phi) is 6.48. The Morgan fingerprint density at radius 3 is 2.86 bits per heavy atom. The molecule has 0 spiro atoms. The van der Waals surface area contributed by atoms with Crippen molar-refractivity contribution in [2.24, 2.45) is 0 Å². The molecular weight excluding hydrogens is 338 g/mol. The summed E-state index contributed by atoms with van der Waals surface area (Å²) in [6.45, 7) is 6.32. The van der Waals surface area contributed by atoms with E-state index in [1.807, 2.05) is 18.2 Å². The minimum Gasteiger partial charge on any atom is -0.482 e. The number of rotatable bonds is 6. The van der Waals surface area contributed by atoms with E-state index in [-0.39, 0.29) is 12.6 Å². The molecule has 0 aliphatic carbocycles. The van der Waals surface area contributed by atoms with Gasteiger partial charge in [0.15, 0.2) is 6.61 Å². The van der Waals surface area contributed by atoms with Gasteiger partial charge in [-0.05, 0) is 30.7 Å². The average molecular weight is 358 g/mol. The monoisotopic (exact) mass is 357 g/mol. The van der Waals surface area contributed by atoms with Crippen molar-refractivity contribution in [3.05, 3.63) is 28.2 Å². The van der Waals surface area contributed by atoms with E-state index in [9.17, 15) is 4.79 Å². The van der Waals surface area contributed by atoms with E-state index in [1.165, 1.54) is 0 Å². The van der Waals surface area contributed by atoms with Gasteiger partial charge in [-0.3, -0.25) is 4.90 Å². The van der Waals surface area contributed by atoms with Crippen molar-refractivity contribution in [1.82, 2.24) is 4.90 Å². The lowest BCUT2D eigenvalue weighted by Crippen LogP contribution is -2.35. The van der Waals surface area contributed by atoms with Crippen molar-refractivity contribution in [3.63, 3.8) is 0 Å². The average Bonchev–Trinajstić information content (AvgIpc) is 2.49. The number of hydrogen-bond acceptors (Lipinski definition) is 5. The maximum Gasteiger partial charge on any atom is 0.344 e. The number of carbonyl (C=O) groups is 1. The number of morpholine rings is 1. The SMILES string of the molecule is CCOC(=O)COc1ccc(Br)c(CN2CCOCC2)c1. The standard InChI is InChI=1S/C15H20BrNO4/c1-2-20-15(18)11-21-13-3-4-14(16)12(9-13)10-17-5-7-19-8-6-17/h3-4,9H,2,5-8,10-11H2,1H3. The molecular formula is C15H20BrNO4. The lowest BCUT2D eigenvalue weighted by Gasteiger charge is -2.27. The zero-order chi connectivity index (χ0) is 15.1. The summed E-state index contributed by atoms with van der Waals surface area (Å²) in [6, 6.07) is 5.74. The first-order chi connectivity index (χ1) is 10.2. The summed E-state index contributed by atoms with van der Waals surface area (Å²) in [5, 5.41) is 0. The zero-order valence-electron chi connectivity index (χ0n) is 12.1.